The second kappa shape index (κ2) is 12.3. The van der Waals surface area contributed by atoms with Crippen molar-refractivity contribution < 1.29 is 19.1 Å². The van der Waals surface area contributed by atoms with Gasteiger partial charge in [0.05, 0.1) is 6.42 Å². The maximum absolute atomic E-state index is 13.8. The minimum Gasteiger partial charge on any atom is -0.461 e. The van der Waals surface area contributed by atoms with Crippen LogP contribution in [0.25, 0.3) is 0 Å². The van der Waals surface area contributed by atoms with E-state index in [1.807, 2.05) is 78.9 Å². The quantitative estimate of drug-likeness (QED) is 0.431. The number of carbonyl (C=O) groups is 3. The van der Waals surface area contributed by atoms with Crippen molar-refractivity contribution in [2.45, 2.75) is 50.4 Å². The fourth-order valence-electron chi connectivity index (χ4n) is 5.55. The first-order valence-electron chi connectivity index (χ1n) is 13.7. The highest BCUT2D eigenvalue weighted by Gasteiger charge is 2.53. The van der Waals surface area contributed by atoms with Crippen molar-refractivity contribution >= 4 is 17.8 Å². The van der Waals surface area contributed by atoms with E-state index < -0.39 is 17.6 Å². The number of likely N-dealkylation sites (tertiary alicyclic amines) is 1. The van der Waals surface area contributed by atoms with Gasteiger partial charge in [0, 0.05) is 26.2 Å². The topological polar surface area (TPSA) is 79.0 Å². The van der Waals surface area contributed by atoms with E-state index >= 15 is 0 Å². The Hall–Kier alpha value is -3.97. The Labute approximate surface area is 229 Å². The number of benzene rings is 3. The minimum atomic E-state index is -0.939. The van der Waals surface area contributed by atoms with Crippen molar-refractivity contribution in [3.05, 3.63) is 108 Å². The van der Waals surface area contributed by atoms with E-state index in [0.29, 0.717) is 19.4 Å². The molecular formula is C32H35N3O4. The van der Waals surface area contributed by atoms with Gasteiger partial charge in [-0.25, -0.2) is 0 Å². The van der Waals surface area contributed by atoms with Crippen molar-refractivity contribution in [1.29, 1.82) is 0 Å². The summed E-state index contributed by atoms with van der Waals surface area (Å²) in [5.74, 6) is -0.918. The molecule has 0 bridgehead atoms. The highest BCUT2D eigenvalue weighted by molar-refractivity contribution is 6.01. The lowest BCUT2D eigenvalue weighted by atomic mass is 9.81. The monoisotopic (exact) mass is 525 g/mol. The molecule has 2 aliphatic heterocycles. The smallest absolute Gasteiger partial charge is 0.308 e. The Kier molecular flexibility index (Phi) is 8.37. The molecular weight excluding hydrogens is 490 g/mol. The number of piperazine rings is 1. The summed E-state index contributed by atoms with van der Waals surface area (Å²) in [4.78, 5) is 44.3. The number of amides is 2. The third-order valence-corrected chi connectivity index (χ3v) is 7.85. The Bertz CT molecular complexity index is 1260. The van der Waals surface area contributed by atoms with Crippen LogP contribution in [-0.4, -0.2) is 58.8 Å². The maximum atomic E-state index is 13.8. The van der Waals surface area contributed by atoms with Gasteiger partial charge >= 0.3 is 5.97 Å². The first-order chi connectivity index (χ1) is 19.0. The number of carbonyl (C=O) groups excluding carboxylic acids is 3. The molecule has 2 fully saturated rings. The summed E-state index contributed by atoms with van der Waals surface area (Å²) in [6.07, 6.45) is 1.86. The van der Waals surface area contributed by atoms with Gasteiger partial charge in [-0.15, -0.1) is 0 Å². The SMILES string of the molecule is O=C(CC1NC(=O)C2(CCN(CCc3ccccc3)CC2)N(Cc2ccccc2)C1=O)OCc1ccccc1. The highest BCUT2D eigenvalue weighted by atomic mass is 16.5. The van der Waals surface area contributed by atoms with Gasteiger partial charge < -0.3 is 19.9 Å². The number of hydrogen-bond acceptors (Lipinski definition) is 5. The molecule has 0 aliphatic carbocycles. The van der Waals surface area contributed by atoms with Gasteiger partial charge in [-0.05, 0) is 36.0 Å². The number of hydrogen-bond donors (Lipinski definition) is 1. The summed E-state index contributed by atoms with van der Waals surface area (Å²) in [7, 11) is 0. The molecule has 1 atom stereocenters. The molecule has 7 nitrogen and oxygen atoms in total. The van der Waals surface area contributed by atoms with Crippen LogP contribution < -0.4 is 5.32 Å². The van der Waals surface area contributed by atoms with Crippen molar-refractivity contribution in [2.75, 3.05) is 19.6 Å². The standard InChI is InChI=1S/C32H35N3O4/c36-29(39-24-27-14-8-3-9-15-27)22-28-30(37)35(23-26-12-6-2-7-13-26)32(31(38)33-28)17-20-34(21-18-32)19-16-25-10-4-1-5-11-25/h1-15,28H,16-24H2,(H,33,38). The van der Waals surface area contributed by atoms with Crippen LogP contribution in [0.15, 0.2) is 91.0 Å². The first-order valence-corrected chi connectivity index (χ1v) is 13.7. The highest BCUT2D eigenvalue weighted by Crippen LogP contribution is 2.35. The van der Waals surface area contributed by atoms with Gasteiger partial charge in [-0.1, -0.05) is 91.0 Å². The van der Waals surface area contributed by atoms with E-state index in [9.17, 15) is 14.4 Å². The van der Waals surface area contributed by atoms with E-state index in [2.05, 4.69) is 22.3 Å². The van der Waals surface area contributed by atoms with Crippen LogP contribution >= 0.6 is 0 Å². The molecule has 202 valence electrons. The molecule has 1 unspecified atom stereocenters. The van der Waals surface area contributed by atoms with Gasteiger partial charge in [-0.2, -0.15) is 0 Å². The summed E-state index contributed by atoms with van der Waals surface area (Å²) in [6.45, 7) is 2.81. The molecule has 1 N–H and O–H groups in total. The Morgan fingerprint density at radius 2 is 1.38 bits per heavy atom. The number of nitrogens with one attached hydrogen (secondary N) is 1. The Morgan fingerprint density at radius 3 is 2.00 bits per heavy atom. The van der Waals surface area contributed by atoms with E-state index in [4.69, 9.17) is 4.74 Å². The van der Waals surface area contributed by atoms with E-state index in [1.165, 1.54) is 5.56 Å². The van der Waals surface area contributed by atoms with Crippen molar-refractivity contribution in [1.82, 2.24) is 15.1 Å². The zero-order valence-corrected chi connectivity index (χ0v) is 22.1. The lowest BCUT2D eigenvalue weighted by Gasteiger charge is -2.51. The molecule has 2 aliphatic rings. The van der Waals surface area contributed by atoms with Crippen molar-refractivity contribution in [3.8, 4) is 0 Å². The number of ether oxygens (including phenoxy) is 1. The first kappa shape index (κ1) is 26.6. The average Bonchev–Trinajstić information content (AvgIpc) is 2.98. The zero-order valence-electron chi connectivity index (χ0n) is 22.1. The Morgan fingerprint density at radius 1 is 0.821 bits per heavy atom. The largest absolute Gasteiger partial charge is 0.461 e. The van der Waals surface area contributed by atoms with Crippen LogP contribution in [0, 0.1) is 0 Å². The van der Waals surface area contributed by atoms with Crippen LogP contribution in [0.1, 0.15) is 36.0 Å². The molecule has 2 saturated heterocycles. The lowest BCUT2D eigenvalue weighted by Crippen LogP contribution is -2.72. The lowest BCUT2D eigenvalue weighted by molar-refractivity contribution is -0.164. The summed E-state index contributed by atoms with van der Waals surface area (Å²) in [5, 5.41) is 2.89. The third kappa shape index (κ3) is 6.37. The summed E-state index contributed by atoms with van der Waals surface area (Å²) in [6, 6.07) is 28.6. The third-order valence-electron chi connectivity index (χ3n) is 7.85. The number of rotatable bonds is 9. The minimum absolute atomic E-state index is 0.130. The van der Waals surface area contributed by atoms with Crippen molar-refractivity contribution in [2.24, 2.45) is 0 Å². The van der Waals surface area contributed by atoms with Crippen molar-refractivity contribution in [3.63, 3.8) is 0 Å². The molecule has 39 heavy (non-hydrogen) atoms. The van der Waals surface area contributed by atoms with Crippen LogP contribution in [-0.2, 0) is 38.7 Å². The van der Waals surface area contributed by atoms with E-state index in [0.717, 1.165) is 37.2 Å². The predicted octanol–water partition coefficient (Wildman–Crippen LogP) is 3.72. The molecule has 3 aromatic carbocycles. The molecule has 3 aromatic rings. The maximum Gasteiger partial charge on any atom is 0.308 e. The second-order valence-corrected chi connectivity index (χ2v) is 10.4. The Balaban J connectivity index is 1.27. The number of piperidine rings is 1. The van der Waals surface area contributed by atoms with Gasteiger partial charge in [0.15, 0.2) is 0 Å². The van der Waals surface area contributed by atoms with Gasteiger partial charge in [0.2, 0.25) is 11.8 Å². The molecule has 2 amide bonds. The number of nitrogens with zero attached hydrogens (tertiary/aromatic N) is 2. The van der Waals surface area contributed by atoms with E-state index in [1.54, 1.807) is 4.90 Å². The zero-order chi connectivity index (χ0) is 27.1. The van der Waals surface area contributed by atoms with E-state index in [-0.39, 0.29) is 24.8 Å². The van der Waals surface area contributed by atoms with Gasteiger partial charge in [0.25, 0.3) is 0 Å². The fourth-order valence-corrected chi connectivity index (χ4v) is 5.55. The van der Waals surface area contributed by atoms with Gasteiger partial charge in [0.1, 0.15) is 18.2 Å². The molecule has 2 heterocycles. The van der Waals surface area contributed by atoms with Gasteiger partial charge in [-0.3, -0.25) is 14.4 Å². The van der Waals surface area contributed by atoms with Crippen LogP contribution in [0.4, 0.5) is 0 Å². The normalized spacial score (nSPS) is 19.1. The summed E-state index contributed by atoms with van der Waals surface area (Å²) >= 11 is 0. The summed E-state index contributed by atoms with van der Waals surface area (Å²) in [5.41, 5.74) is 2.18. The molecule has 1 spiro atoms. The second-order valence-electron chi connectivity index (χ2n) is 10.4. The molecule has 7 heteroatoms. The average molecular weight is 526 g/mol. The predicted molar refractivity (Wildman–Crippen MR) is 148 cm³/mol. The molecule has 5 rings (SSSR count). The molecule has 0 radical (unpaired) electrons. The molecule has 0 saturated carbocycles. The van der Waals surface area contributed by atoms with Crippen LogP contribution in [0.3, 0.4) is 0 Å². The summed E-state index contributed by atoms with van der Waals surface area (Å²) < 4.78 is 5.41. The van der Waals surface area contributed by atoms with Crippen LogP contribution in [0.2, 0.25) is 0 Å². The molecule has 0 aromatic heterocycles. The van der Waals surface area contributed by atoms with Crippen LogP contribution in [0.5, 0.6) is 0 Å². The number of esters is 1. The fraction of sp³-hybridized carbons (Fsp3) is 0.344.